The Morgan fingerprint density at radius 2 is 1.80 bits per heavy atom. The molecule has 0 unspecified atom stereocenters. The second-order valence-electron chi connectivity index (χ2n) is 4.68. The summed E-state index contributed by atoms with van der Waals surface area (Å²) in [6, 6.07) is 0. The quantitative estimate of drug-likeness (QED) is 0.661. The van der Waals surface area contributed by atoms with Crippen LogP contribution in [0.4, 0.5) is 5.95 Å². The number of nitrogens with one attached hydrogen (secondary N) is 2. The van der Waals surface area contributed by atoms with E-state index in [-0.39, 0.29) is 11.7 Å². The molecule has 0 fully saturated rings. The molecule has 1 heterocycles. The highest BCUT2D eigenvalue weighted by molar-refractivity contribution is 7.92. The van der Waals surface area contributed by atoms with Crippen molar-refractivity contribution >= 4 is 16.0 Å². The van der Waals surface area contributed by atoms with E-state index in [9.17, 15) is 8.42 Å². The zero-order valence-corrected chi connectivity index (χ0v) is 13.1. The molecule has 0 saturated heterocycles. The first-order chi connectivity index (χ1) is 9.44. The maximum atomic E-state index is 11.8. The number of aryl methyl sites for hydroxylation is 2. The summed E-state index contributed by atoms with van der Waals surface area (Å²) in [7, 11) is -3.40. The molecule has 2 N–H and O–H groups in total. The third-order valence-corrected chi connectivity index (χ3v) is 4.10. The Bertz CT molecular complexity index is 519. The summed E-state index contributed by atoms with van der Waals surface area (Å²) in [5, 5.41) is 10.8. The van der Waals surface area contributed by atoms with Gasteiger partial charge < -0.3 is 5.32 Å². The van der Waals surface area contributed by atoms with Gasteiger partial charge in [-0.05, 0) is 46.2 Å². The van der Waals surface area contributed by atoms with Crippen molar-refractivity contribution in [2.24, 2.45) is 0 Å². The average molecular weight is 301 g/mol. The predicted molar refractivity (Wildman–Crippen MR) is 79.1 cm³/mol. The molecule has 0 atom stereocenters. The molecule has 0 radical (unpaired) electrons. The van der Waals surface area contributed by atoms with Crippen LogP contribution in [0.3, 0.4) is 0 Å². The van der Waals surface area contributed by atoms with E-state index in [1.165, 1.54) is 0 Å². The number of sulfonamides is 1. The number of anilines is 1. The van der Waals surface area contributed by atoms with Gasteiger partial charge in [0, 0.05) is 0 Å². The van der Waals surface area contributed by atoms with Gasteiger partial charge in [-0.15, -0.1) is 5.10 Å². The van der Waals surface area contributed by atoms with Crippen molar-refractivity contribution in [3.8, 4) is 0 Å². The topological polar surface area (TPSA) is 96.9 Å². The predicted octanol–water partition coefficient (Wildman–Crippen LogP) is 1.01. The number of hydrogen-bond acceptors (Lipinski definition) is 6. The van der Waals surface area contributed by atoms with E-state index in [0.29, 0.717) is 17.8 Å². The summed E-state index contributed by atoms with van der Waals surface area (Å²) in [6.45, 7) is 7.44. The van der Waals surface area contributed by atoms with Crippen molar-refractivity contribution < 1.29 is 8.42 Å². The second-order valence-corrected chi connectivity index (χ2v) is 6.53. The van der Waals surface area contributed by atoms with E-state index in [4.69, 9.17) is 0 Å². The van der Waals surface area contributed by atoms with Gasteiger partial charge in [-0.1, -0.05) is 6.92 Å². The smallest absolute Gasteiger partial charge is 0.256 e. The third kappa shape index (κ3) is 6.25. The lowest BCUT2D eigenvalue weighted by atomic mass is 10.3. The van der Waals surface area contributed by atoms with Crippen LogP contribution in [0, 0.1) is 13.8 Å². The van der Waals surface area contributed by atoms with Crippen LogP contribution in [-0.4, -0.2) is 42.4 Å². The van der Waals surface area contributed by atoms with Crippen molar-refractivity contribution in [3.63, 3.8) is 0 Å². The highest BCUT2D eigenvalue weighted by Crippen LogP contribution is 2.05. The number of unbranched alkanes of at least 4 members (excludes halogenated alkanes) is 1. The molecule has 0 aliphatic carbocycles. The van der Waals surface area contributed by atoms with Crippen molar-refractivity contribution in [3.05, 3.63) is 11.4 Å². The normalized spacial score (nSPS) is 11.6. The molecule has 0 aromatic carbocycles. The summed E-state index contributed by atoms with van der Waals surface area (Å²) in [4.78, 5) is 4.05. The van der Waals surface area contributed by atoms with Gasteiger partial charge in [-0.2, -0.15) is 5.10 Å². The van der Waals surface area contributed by atoms with E-state index in [1.54, 1.807) is 13.8 Å². The third-order valence-electron chi connectivity index (χ3n) is 2.78. The molecule has 0 aliphatic heterocycles. The fraction of sp³-hybridized carbons (Fsp3) is 0.750. The molecule has 20 heavy (non-hydrogen) atoms. The number of rotatable bonds is 9. The molecule has 0 saturated carbocycles. The van der Waals surface area contributed by atoms with Crippen LogP contribution >= 0.6 is 0 Å². The van der Waals surface area contributed by atoms with Gasteiger partial charge >= 0.3 is 0 Å². The van der Waals surface area contributed by atoms with Crippen LogP contribution in [0.1, 0.15) is 37.6 Å². The van der Waals surface area contributed by atoms with Crippen molar-refractivity contribution in [1.29, 1.82) is 0 Å². The highest BCUT2D eigenvalue weighted by atomic mass is 32.2. The maximum absolute atomic E-state index is 11.8. The van der Waals surface area contributed by atoms with Gasteiger partial charge in [-0.3, -0.25) is 0 Å². The van der Waals surface area contributed by atoms with Crippen LogP contribution in [-0.2, 0) is 10.0 Å². The van der Waals surface area contributed by atoms with Gasteiger partial charge in [0.15, 0.2) is 0 Å². The molecule has 8 heteroatoms. The minimum absolute atomic E-state index is 0.0391. The maximum Gasteiger partial charge on any atom is 0.256 e. The average Bonchev–Trinajstić information content (AvgIpc) is 2.38. The van der Waals surface area contributed by atoms with E-state index in [2.05, 4.69) is 32.1 Å². The van der Waals surface area contributed by atoms with E-state index in [0.717, 1.165) is 25.9 Å². The molecule has 1 rings (SSSR count). The molecule has 0 bridgehead atoms. The largest absolute Gasteiger partial charge is 0.317 e. The van der Waals surface area contributed by atoms with E-state index in [1.807, 2.05) is 0 Å². The Labute approximate surface area is 120 Å². The lowest BCUT2D eigenvalue weighted by molar-refractivity contribution is 0.590. The second kappa shape index (κ2) is 8.11. The summed E-state index contributed by atoms with van der Waals surface area (Å²) in [6.07, 6.45) is 2.51. The van der Waals surface area contributed by atoms with E-state index < -0.39 is 10.0 Å². The Morgan fingerprint density at radius 3 is 2.45 bits per heavy atom. The SMILES string of the molecule is CCCNCCCCS(=O)(=O)Nc1nnc(C)c(C)n1. The fourth-order valence-electron chi connectivity index (χ4n) is 1.53. The molecule has 1 aromatic heterocycles. The first-order valence-electron chi connectivity index (χ1n) is 6.83. The van der Waals surface area contributed by atoms with Gasteiger partial charge in [-0.25, -0.2) is 18.1 Å². The number of aromatic nitrogens is 3. The van der Waals surface area contributed by atoms with Crippen molar-refractivity contribution in [2.75, 3.05) is 23.6 Å². The monoisotopic (exact) mass is 301 g/mol. The van der Waals surface area contributed by atoms with Crippen LogP contribution in [0.15, 0.2) is 0 Å². The number of hydrogen-bond donors (Lipinski definition) is 2. The summed E-state index contributed by atoms with van der Waals surface area (Å²) < 4.78 is 26.0. The Hall–Kier alpha value is -1.28. The minimum Gasteiger partial charge on any atom is -0.317 e. The van der Waals surface area contributed by atoms with Crippen LogP contribution in [0.2, 0.25) is 0 Å². The highest BCUT2D eigenvalue weighted by Gasteiger charge is 2.12. The molecule has 0 amide bonds. The molecule has 0 spiro atoms. The number of nitrogens with zero attached hydrogens (tertiary/aromatic N) is 3. The summed E-state index contributed by atoms with van der Waals surface area (Å²) in [5.41, 5.74) is 1.36. The van der Waals surface area contributed by atoms with Crippen LogP contribution < -0.4 is 10.0 Å². The minimum atomic E-state index is -3.40. The van der Waals surface area contributed by atoms with Gasteiger partial charge in [0.2, 0.25) is 10.0 Å². The summed E-state index contributed by atoms with van der Waals surface area (Å²) in [5.74, 6) is 0.106. The standard InChI is InChI=1S/C12H23N5O2S/c1-4-7-13-8-5-6-9-20(18,19)17-12-14-10(2)11(3)15-16-12/h13H,4-9H2,1-3H3,(H,14,16,17). The summed E-state index contributed by atoms with van der Waals surface area (Å²) >= 11 is 0. The Morgan fingerprint density at radius 1 is 1.05 bits per heavy atom. The lowest BCUT2D eigenvalue weighted by Gasteiger charge is -2.07. The van der Waals surface area contributed by atoms with Gasteiger partial charge in [0.25, 0.3) is 5.95 Å². The molecule has 1 aromatic rings. The molecular weight excluding hydrogens is 278 g/mol. The molecule has 7 nitrogen and oxygen atoms in total. The first-order valence-corrected chi connectivity index (χ1v) is 8.49. The molecule has 114 valence electrons. The fourth-order valence-corrected chi connectivity index (χ4v) is 2.58. The molecular formula is C12H23N5O2S. The van der Waals surface area contributed by atoms with Crippen molar-refractivity contribution in [1.82, 2.24) is 20.5 Å². The van der Waals surface area contributed by atoms with Crippen LogP contribution in [0.25, 0.3) is 0 Å². The zero-order chi connectivity index (χ0) is 15.0. The Balaban J connectivity index is 2.39. The Kier molecular flexibility index (Phi) is 6.80. The lowest BCUT2D eigenvalue weighted by Crippen LogP contribution is -2.21. The zero-order valence-electron chi connectivity index (χ0n) is 12.3. The van der Waals surface area contributed by atoms with Gasteiger partial charge in [0.1, 0.15) is 0 Å². The molecule has 0 aliphatic rings. The van der Waals surface area contributed by atoms with E-state index >= 15 is 0 Å². The van der Waals surface area contributed by atoms with Crippen molar-refractivity contribution in [2.45, 2.75) is 40.0 Å². The van der Waals surface area contributed by atoms with Crippen LogP contribution in [0.5, 0.6) is 0 Å². The first kappa shape index (κ1) is 16.8. The van der Waals surface area contributed by atoms with Gasteiger partial charge in [0.05, 0.1) is 17.1 Å².